The number of benzene rings is 1. The Hall–Kier alpha value is -1.29. The van der Waals surface area contributed by atoms with Crippen LogP contribution in [0.3, 0.4) is 0 Å². The standard InChI is InChI=1S/C16H15Cl2NOS/c1-11-8-9-21-14(11)10-19(2)15(20)7-6-12-4-3-5-13(17)16(12)18/h3-9H,10H2,1-2H3/b7-6+. The van der Waals surface area contributed by atoms with E-state index in [0.717, 1.165) is 5.56 Å². The molecule has 0 radical (unpaired) electrons. The summed E-state index contributed by atoms with van der Waals surface area (Å²) in [5, 5.41) is 2.97. The van der Waals surface area contributed by atoms with Crippen LogP contribution in [0.2, 0.25) is 10.0 Å². The van der Waals surface area contributed by atoms with Gasteiger partial charge >= 0.3 is 0 Å². The van der Waals surface area contributed by atoms with E-state index >= 15 is 0 Å². The van der Waals surface area contributed by atoms with Crippen LogP contribution < -0.4 is 0 Å². The summed E-state index contributed by atoms with van der Waals surface area (Å²) < 4.78 is 0. The van der Waals surface area contributed by atoms with E-state index in [9.17, 15) is 4.79 Å². The molecule has 2 nitrogen and oxygen atoms in total. The van der Waals surface area contributed by atoms with Crippen LogP contribution in [0.25, 0.3) is 6.08 Å². The molecule has 1 heterocycles. The Kier molecular flexibility index (Phi) is 5.45. The summed E-state index contributed by atoms with van der Waals surface area (Å²) in [4.78, 5) is 15.0. The Morgan fingerprint density at radius 3 is 2.76 bits per heavy atom. The molecule has 0 atom stereocenters. The number of carbonyl (C=O) groups is 1. The number of aryl methyl sites for hydroxylation is 1. The van der Waals surface area contributed by atoms with Gasteiger partial charge in [0.05, 0.1) is 16.6 Å². The first-order chi connectivity index (χ1) is 9.99. The highest BCUT2D eigenvalue weighted by Crippen LogP contribution is 2.26. The van der Waals surface area contributed by atoms with Gasteiger partial charge in [-0.3, -0.25) is 4.79 Å². The van der Waals surface area contributed by atoms with E-state index in [1.54, 1.807) is 41.5 Å². The molecular weight excluding hydrogens is 325 g/mol. The first kappa shape index (κ1) is 16.1. The zero-order valence-corrected chi connectivity index (χ0v) is 14.1. The maximum atomic E-state index is 12.1. The molecule has 2 aromatic rings. The van der Waals surface area contributed by atoms with Crippen molar-refractivity contribution in [3.05, 3.63) is 61.8 Å². The molecule has 0 aliphatic rings. The first-order valence-electron chi connectivity index (χ1n) is 6.39. The molecule has 0 aliphatic heterocycles. The highest BCUT2D eigenvalue weighted by Gasteiger charge is 2.09. The number of hydrogen-bond acceptors (Lipinski definition) is 2. The number of likely N-dealkylation sites (N-methyl/N-ethyl adjacent to an activating group) is 1. The maximum absolute atomic E-state index is 12.1. The maximum Gasteiger partial charge on any atom is 0.246 e. The number of halogens is 2. The van der Waals surface area contributed by atoms with Crippen LogP contribution in [0.4, 0.5) is 0 Å². The van der Waals surface area contributed by atoms with Crippen LogP contribution in [0, 0.1) is 6.92 Å². The predicted octanol–water partition coefficient (Wildman–Crippen LogP) is 5.04. The molecule has 0 fully saturated rings. The largest absolute Gasteiger partial charge is 0.337 e. The van der Waals surface area contributed by atoms with Crippen molar-refractivity contribution in [3.63, 3.8) is 0 Å². The van der Waals surface area contributed by atoms with Gasteiger partial charge in [-0.05, 0) is 41.6 Å². The number of amides is 1. The number of hydrogen-bond donors (Lipinski definition) is 0. The zero-order valence-electron chi connectivity index (χ0n) is 11.8. The van der Waals surface area contributed by atoms with E-state index in [0.29, 0.717) is 16.6 Å². The second-order valence-corrected chi connectivity index (χ2v) is 6.48. The molecule has 110 valence electrons. The first-order valence-corrected chi connectivity index (χ1v) is 8.02. The summed E-state index contributed by atoms with van der Waals surface area (Å²) in [6, 6.07) is 7.40. The van der Waals surface area contributed by atoms with Gasteiger partial charge in [-0.25, -0.2) is 0 Å². The fourth-order valence-electron chi connectivity index (χ4n) is 1.80. The molecule has 0 unspecified atom stereocenters. The Labute approximate surface area is 138 Å². The minimum absolute atomic E-state index is 0.0705. The Balaban J connectivity index is 2.05. The van der Waals surface area contributed by atoms with E-state index in [4.69, 9.17) is 23.2 Å². The lowest BCUT2D eigenvalue weighted by molar-refractivity contribution is -0.125. The highest BCUT2D eigenvalue weighted by molar-refractivity contribution is 7.10. The smallest absolute Gasteiger partial charge is 0.246 e. The predicted molar refractivity (Wildman–Crippen MR) is 91.0 cm³/mol. The van der Waals surface area contributed by atoms with Crippen molar-refractivity contribution in [2.24, 2.45) is 0 Å². The van der Waals surface area contributed by atoms with Crippen molar-refractivity contribution in [3.8, 4) is 0 Å². The molecule has 0 saturated carbocycles. The van der Waals surface area contributed by atoms with Gasteiger partial charge in [0.25, 0.3) is 0 Å². The van der Waals surface area contributed by atoms with Crippen molar-refractivity contribution in [2.45, 2.75) is 13.5 Å². The van der Waals surface area contributed by atoms with E-state index in [1.165, 1.54) is 16.5 Å². The van der Waals surface area contributed by atoms with Gasteiger partial charge in [-0.15, -0.1) is 11.3 Å². The van der Waals surface area contributed by atoms with E-state index in [-0.39, 0.29) is 5.91 Å². The van der Waals surface area contributed by atoms with E-state index in [1.807, 2.05) is 18.4 Å². The van der Waals surface area contributed by atoms with Crippen LogP contribution in [0.5, 0.6) is 0 Å². The van der Waals surface area contributed by atoms with Crippen LogP contribution in [-0.2, 0) is 11.3 Å². The summed E-state index contributed by atoms with van der Waals surface area (Å²) in [5.74, 6) is -0.0705. The van der Waals surface area contributed by atoms with E-state index in [2.05, 4.69) is 6.07 Å². The monoisotopic (exact) mass is 339 g/mol. The lowest BCUT2D eigenvalue weighted by Gasteiger charge is -2.14. The summed E-state index contributed by atoms with van der Waals surface area (Å²) >= 11 is 13.7. The van der Waals surface area contributed by atoms with Gasteiger partial charge in [0.15, 0.2) is 0 Å². The topological polar surface area (TPSA) is 20.3 Å². The lowest BCUT2D eigenvalue weighted by Crippen LogP contribution is -2.23. The molecule has 21 heavy (non-hydrogen) atoms. The van der Waals surface area contributed by atoms with Gasteiger partial charge in [0, 0.05) is 18.0 Å². The molecule has 1 amide bonds. The third kappa shape index (κ3) is 4.10. The Morgan fingerprint density at radius 2 is 2.10 bits per heavy atom. The molecule has 0 bridgehead atoms. The third-order valence-electron chi connectivity index (χ3n) is 3.11. The summed E-state index contributed by atoms with van der Waals surface area (Å²) in [6.45, 7) is 2.65. The Morgan fingerprint density at radius 1 is 1.33 bits per heavy atom. The number of nitrogens with zero attached hydrogens (tertiary/aromatic N) is 1. The van der Waals surface area contributed by atoms with Crippen molar-refractivity contribution in [1.29, 1.82) is 0 Å². The van der Waals surface area contributed by atoms with Crippen LogP contribution in [-0.4, -0.2) is 17.9 Å². The van der Waals surface area contributed by atoms with Crippen LogP contribution >= 0.6 is 34.5 Å². The normalized spacial score (nSPS) is 11.0. The summed E-state index contributed by atoms with van der Waals surface area (Å²) in [7, 11) is 1.78. The van der Waals surface area contributed by atoms with Gasteiger partial charge in [0.2, 0.25) is 5.91 Å². The fraction of sp³-hybridized carbons (Fsp3) is 0.188. The molecule has 0 spiro atoms. The molecule has 1 aromatic heterocycles. The van der Waals surface area contributed by atoms with Gasteiger partial charge < -0.3 is 4.90 Å². The number of carbonyl (C=O) groups excluding carboxylic acids is 1. The van der Waals surface area contributed by atoms with Gasteiger partial charge in [-0.2, -0.15) is 0 Å². The lowest BCUT2D eigenvalue weighted by atomic mass is 10.2. The third-order valence-corrected chi connectivity index (χ3v) is 4.95. The van der Waals surface area contributed by atoms with Crippen molar-refractivity contribution < 1.29 is 4.79 Å². The molecule has 1 aromatic carbocycles. The van der Waals surface area contributed by atoms with Crippen molar-refractivity contribution in [2.75, 3.05) is 7.05 Å². The summed E-state index contributed by atoms with van der Waals surface area (Å²) in [6.07, 6.45) is 3.20. The fourth-order valence-corrected chi connectivity index (χ4v) is 3.13. The highest BCUT2D eigenvalue weighted by atomic mass is 35.5. The van der Waals surface area contributed by atoms with Gasteiger partial charge in [0.1, 0.15) is 0 Å². The second-order valence-electron chi connectivity index (χ2n) is 4.70. The Bertz CT molecular complexity index is 679. The molecule has 0 aliphatic carbocycles. The number of thiophene rings is 1. The SMILES string of the molecule is Cc1ccsc1CN(C)C(=O)/C=C/c1cccc(Cl)c1Cl. The quantitative estimate of drug-likeness (QED) is 0.715. The zero-order chi connectivity index (χ0) is 15.4. The molecule has 2 rings (SSSR count). The molecule has 0 N–H and O–H groups in total. The van der Waals surface area contributed by atoms with Crippen LogP contribution in [0.15, 0.2) is 35.7 Å². The number of rotatable bonds is 4. The van der Waals surface area contributed by atoms with Crippen molar-refractivity contribution >= 4 is 46.5 Å². The van der Waals surface area contributed by atoms with Crippen molar-refractivity contribution in [1.82, 2.24) is 4.90 Å². The molecular formula is C16H15Cl2NOS. The minimum Gasteiger partial charge on any atom is -0.337 e. The molecule has 0 saturated heterocycles. The average molecular weight is 340 g/mol. The average Bonchev–Trinajstić information content (AvgIpc) is 2.85. The van der Waals surface area contributed by atoms with E-state index < -0.39 is 0 Å². The van der Waals surface area contributed by atoms with Gasteiger partial charge in [-0.1, -0.05) is 35.3 Å². The summed E-state index contributed by atoms with van der Waals surface area (Å²) in [5.41, 5.74) is 1.94. The molecule has 5 heteroatoms. The second kappa shape index (κ2) is 7.12. The van der Waals surface area contributed by atoms with Crippen LogP contribution in [0.1, 0.15) is 16.0 Å². The minimum atomic E-state index is -0.0705.